The summed E-state index contributed by atoms with van der Waals surface area (Å²) in [5.41, 5.74) is 3.91. The minimum absolute atomic E-state index is 0.939. The maximum absolute atomic E-state index is 5.20. The van der Waals surface area contributed by atoms with E-state index in [1.165, 1.54) is 16.7 Å². The molecule has 1 aromatic rings. The van der Waals surface area contributed by atoms with Gasteiger partial charge in [0.15, 0.2) is 0 Å². The summed E-state index contributed by atoms with van der Waals surface area (Å²) in [6, 6.07) is 6.23. The van der Waals surface area contributed by atoms with Gasteiger partial charge in [-0.15, -0.1) is 0 Å². The van der Waals surface area contributed by atoms with Crippen LogP contribution in [0.15, 0.2) is 36.9 Å². The van der Waals surface area contributed by atoms with Crippen molar-refractivity contribution in [1.29, 1.82) is 0 Å². The van der Waals surface area contributed by atoms with Gasteiger partial charge in [-0.2, -0.15) is 0 Å². The second-order valence-electron chi connectivity index (χ2n) is 3.43. The van der Waals surface area contributed by atoms with Crippen molar-refractivity contribution in [3.63, 3.8) is 0 Å². The number of benzene rings is 1. The van der Waals surface area contributed by atoms with Crippen LogP contribution >= 0.6 is 0 Å². The second-order valence-corrected chi connectivity index (χ2v) is 3.43. The zero-order valence-electron chi connectivity index (χ0n) is 8.42. The van der Waals surface area contributed by atoms with Crippen LogP contribution in [0.3, 0.4) is 0 Å². The standard InChI is InChI=1S/C13H14O/c1-3-10-5-4-6-11-9-12(14-2)7-8-13(10)11/h3,5,7-9H,1,4,6H2,2H3. The van der Waals surface area contributed by atoms with E-state index < -0.39 is 0 Å². The van der Waals surface area contributed by atoms with Gasteiger partial charge in [0.1, 0.15) is 5.75 Å². The normalized spacial score (nSPS) is 14.2. The van der Waals surface area contributed by atoms with Gasteiger partial charge < -0.3 is 4.74 Å². The van der Waals surface area contributed by atoms with Crippen molar-refractivity contribution in [1.82, 2.24) is 0 Å². The summed E-state index contributed by atoms with van der Waals surface area (Å²) < 4.78 is 5.20. The maximum atomic E-state index is 5.20. The molecule has 1 aromatic carbocycles. The van der Waals surface area contributed by atoms with Gasteiger partial charge in [0, 0.05) is 0 Å². The molecule has 0 fully saturated rings. The lowest BCUT2D eigenvalue weighted by Crippen LogP contribution is -1.98. The molecule has 0 N–H and O–H groups in total. The molecule has 2 rings (SSSR count). The average Bonchev–Trinajstić information content (AvgIpc) is 2.27. The zero-order chi connectivity index (χ0) is 9.97. The van der Waals surface area contributed by atoms with E-state index in [4.69, 9.17) is 4.74 Å². The molecule has 0 heterocycles. The Morgan fingerprint density at radius 2 is 2.29 bits per heavy atom. The average molecular weight is 186 g/mol. The molecule has 0 aromatic heterocycles. The number of fused-ring (bicyclic) bond motifs is 1. The SMILES string of the molecule is C=CC1=CCCc2cc(OC)ccc21. The Labute approximate surface area is 84.7 Å². The van der Waals surface area contributed by atoms with Crippen LogP contribution in [0.1, 0.15) is 17.5 Å². The molecule has 72 valence electrons. The smallest absolute Gasteiger partial charge is 0.119 e. The Bertz CT molecular complexity index is 388. The van der Waals surface area contributed by atoms with Gasteiger partial charge in [-0.3, -0.25) is 0 Å². The Morgan fingerprint density at radius 3 is 3.00 bits per heavy atom. The van der Waals surface area contributed by atoms with E-state index >= 15 is 0 Å². The molecular formula is C13H14O. The van der Waals surface area contributed by atoms with Crippen LogP contribution in [0.2, 0.25) is 0 Å². The number of hydrogen-bond acceptors (Lipinski definition) is 1. The summed E-state index contributed by atoms with van der Waals surface area (Å²) in [7, 11) is 1.70. The number of allylic oxidation sites excluding steroid dienone is 3. The van der Waals surface area contributed by atoms with E-state index in [1.807, 2.05) is 12.1 Å². The summed E-state index contributed by atoms with van der Waals surface area (Å²) in [6.45, 7) is 3.83. The predicted molar refractivity (Wildman–Crippen MR) is 59.5 cm³/mol. The lowest BCUT2D eigenvalue weighted by molar-refractivity contribution is 0.414. The fraction of sp³-hybridized carbons (Fsp3) is 0.231. The summed E-state index contributed by atoms with van der Waals surface area (Å²) in [5, 5.41) is 0. The van der Waals surface area contributed by atoms with E-state index in [-0.39, 0.29) is 0 Å². The molecule has 1 aliphatic carbocycles. The van der Waals surface area contributed by atoms with Crippen molar-refractivity contribution < 1.29 is 4.74 Å². The van der Waals surface area contributed by atoms with Crippen molar-refractivity contribution in [2.75, 3.05) is 7.11 Å². The van der Waals surface area contributed by atoms with Crippen molar-refractivity contribution >= 4 is 5.57 Å². The van der Waals surface area contributed by atoms with Gasteiger partial charge in [-0.1, -0.05) is 24.8 Å². The summed E-state index contributed by atoms with van der Waals surface area (Å²) in [5.74, 6) is 0.939. The Balaban J connectivity index is 2.48. The van der Waals surface area contributed by atoms with Crippen molar-refractivity contribution in [3.05, 3.63) is 48.1 Å². The Morgan fingerprint density at radius 1 is 1.43 bits per heavy atom. The van der Waals surface area contributed by atoms with Gasteiger partial charge in [0.2, 0.25) is 0 Å². The molecule has 0 aliphatic heterocycles. The Hall–Kier alpha value is -1.50. The van der Waals surface area contributed by atoms with Crippen molar-refractivity contribution in [2.45, 2.75) is 12.8 Å². The highest BCUT2D eigenvalue weighted by atomic mass is 16.5. The first-order chi connectivity index (χ1) is 6.85. The van der Waals surface area contributed by atoms with Crippen LogP contribution in [0, 0.1) is 0 Å². The zero-order valence-corrected chi connectivity index (χ0v) is 8.42. The van der Waals surface area contributed by atoms with Crippen LogP contribution in [0.5, 0.6) is 5.75 Å². The van der Waals surface area contributed by atoms with E-state index in [2.05, 4.69) is 24.8 Å². The molecule has 14 heavy (non-hydrogen) atoms. The van der Waals surface area contributed by atoms with Gasteiger partial charge in [-0.05, 0) is 41.7 Å². The van der Waals surface area contributed by atoms with Crippen LogP contribution in [-0.2, 0) is 6.42 Å². The summed E-state index contributed by atoms with van der Waals surface area (Å²) in [6.07, 6.45) is 6.36. The molecule has 0 saturated carbocycles. The first-order valence-corrected chi connectivity index (χ1v) is 4.85. The lowest BCUT2D eigenvalue weighted by atomic mass is 9.91. The molecule has 0 amide bonds. The first kappa shape index (κ1) is 9.07. The molecule has 0 unspecified atom stereocenters. The van der Waals surface area contributed by atoms with Crippen LogP contribution in [0.4, 0.5) is 0 Å². The molecular weight excluding hydrogens is 172 g/mol. The quantitative estimate of drug-likeness (QED) is 0.689. The fourth-order valence-corrected chi connectivity index (χ4v) is 1.87. The molecule has 0 radical (unpaired) electrons. The van der Waals surface area contributed by atoms with Gasteiger partial charge in [0.05, 0.1) is 7.11 Å². The number of ether oxygens (including phenoxy) is 1. The van der Waals surface area contributed by atoms with E-state index in [0.717, 1.165) is 18.6 Å². The van der Waals surface area contributed by atoms with Crippen LogP contribution in [-0.4, -0.2) is 7.11 Å². The van der Waals surface area contributed by atoms with Gasteiger partial charge >= 0.3 is 0 Å². The highest BCUT2D eigenvalue weighted by molar-refractivity contribution is 5.77. The van der Waals surface area contributed by atoms with Crippen LogP contribution in [0.25, 0.3) is 5.57 Å². The largest absolute Gasteiger partial charge is 0.497 e. The summed E-state index contributed by atoms with van der Waals surface area (Å²) >= 11 is 0. The van der Waals surface area contributed by atoms with Gasteiger partial charge in [0.25, 0.3) is 0 Å². The third kappa shape index (κ3) is 1.46. The van der Waals surface area contributed by atoms with Crippen LogP contribution < -0.4 is 4.74 Å². The van der Waals surface area contributed by atoms with Crippen molar-refractivity contribution in [3.8, 4) is 5.75 Å². The van der Waals surface area contributed by atoms with E-state index in [0.29, 0.717) is 0 Å². The van der Waals surface area contributed by atoms with E-state index in [9.17, 15) is 0 Å². The maximum Gasteiger partial charge on any atom is 0.119 e. The number of methoxy groups -OCH3 is 1. The fourth-order valence-electron chi connectivity index (χ4n) is 1.87. The number of aryl methyl sites for hydroxylation is 1. The number of rotatable bonds is 2. The number of hydrogen-bond donors (Lipinski definition) is 0. The first-order valence-electron chi connectivity index (χ1n) is 4.85. The minimum Gasteiger partial charge on any atom is -0.497 e. The third-order valence-corrected chi connectivity index (χ3v) is 2.62. The Kier molecular flexibility index (Phi) is 2.40. The third-order valence-electron chi connectivity index (χ3n) is 2.62. The molecule has 1 nitrogen and oxygen atoms in total. The van der Waals surface area contributed by atoms with E-state index in [1.54, 1.807) is 7.11 Å². The molecule has 0 spiro atoms. The molecule has 1 aliphatic rings. The monoisotopic (exact) mass is 186 g/mol. The molecule has 0 atom stereocenters. The summed E-state index contributed by atoms with van der Waals surface area (Å²) in [4.78, 5) is 0. The molecule has 0 bridgehead atoms. The highest BCUT2D eigenvalue weighted by Crippen LogP contribution is 2.29. The van der Waals surface area contributed by atoms with Gasteiger partial charge in [-0.25, -0.2) is 0 Å². The minimum atomic E-state index is 0.939. The highest BCUT2D eigenvalue weighted by Gasteiger charge is 2.10. The molecule has 1 heteroatoms. The molecule has 0 saturated heterocycles. The predicted octanol–water partition coefficient (Wildman–Crippen LogP) is 3.21. The topological polar surface area (TPSA) is 9.23 Å². The van der Waals surface area contributed by atoms with Crippen molar-refractivity contribution in [2.24, 2.45) is 0 Å². The lowest BCUT2D eigenvalue weighted by Gasteiger charge is -2.16. The second kappa shape index (κ2) is 3.70.